The van der Waals surface area contributed by atoms with E-state index >= 15 is 0 Å². The highest BCUT2D eigenvalue weighted by molar-refractivity contribution is 7.89. The summed E-state index contributed by atoms with van der Waals surface area (Å²) in [6, 6.07) is 4.39. The largest absolute Gasteiger partial charge is 0.327 e. The van der Waals surface area contributed by atoms with Crippen molar-refractivity contribution >= 4 is 21.6 Å². The van der Waals surface area contributed by atoms with Crippen LogP contribution in [0, 0.1) is 6.92 Å². The third-order valence-electron chi connectivity index (χ3n) is 2.05. The van der Waals surface area contributed by atoms with Crippen LogP contribution in [0.4, 0.5) is 0 Å². The van der Waals surface area contributed by atoms with E-state index in [-0.39, 0.29) is 17.5 Å². The third-order valence-corrected chi connectivity index (χ3v) is 3.88. The monoisotopic (exact) mass is 262 g/mol. The van der Waals surface area contributed by atoms with Crippen molar-refractivity contribution < 1.29 is 8.42 Å². The van der Waals surface area contributed by atoms with Gasteiger partial charge in [-0.25, -0.2) is 13.1 Å². The molecule has 1 rings (SSSR count). The summed E-state index contributed by atoms with van der Waals surface area (Å²) >= 11 is 5.87. The SMILES string of the molecule is Cc1ccc(S(=O)(=O)NC[C@H](C)N)cc1Cl. The van der Waals surface area contributed by atoms with Crippen LogP contribution in [0.3, 0.4) is 0 Å². The number of hydrogen-bond acceptors (Lipinski definition) is 3. The minimum atomic E-state index is -3.51. The fourth-order valence-corrected chi connectivity index (χ4v) is 2.48. The molecule has 0 bridgehead atoms. The highest BCUT2D eigenvalue weighted by atomic mass is 35.5. The molecule has 0 radical (unpaired) electrons. The van der Waals surface area contributed by atoms with Crippen molar-refractivity contribution in [3.05, 3.63) is 28.8 Å². The third kappa shape index (κ3) is 3.45. The molecule has 0 saturated heterocycles. The number of benzene rings is 1. The summed E-state index contributed by atoms with van der Waals surface area (Å²) in [6.45, 7) is 3.74. The molecular formula is C10H15ClN2O2S. The van der Waals surface area contributed by atoms with Crippen molar-refractivity contribution in [3.63, 3.8) is 0 Å². The average Bonchev–Trinajstić information content (AvgIpc) is 2.19. The first-order valence-electron chi connectivity index (χ1n) is 4.84. The van der Waals surface area contributed by atoms with Gasteiger partial charge >= 0.3 is 0 Å². The highest BCUT2D eigenvalue weighted by Crippen LogP contribution is 2.19. The van der Waals surface area contributed by atoms with Gasteiger partial charge in [-0.2, -0.15) is 0 Å². The van der Waals surface area contributed by atoms with Gasteiger partial charge in [0.25, 0.3) is 0 Å². The maximum Gasteiger partial charge on any atom is 0.240 e. The lowest BCUT2D eigenvalue weighted by molar-refractivity contribution is 0.574. The Morgan fingerprint density at radius 3 is 2.62 bits per heavy atom. The molecule has 0 aliphatic carbocycles. The molecule has 0 amide bonds. The van der Waals surface area contributed by atoms with Crippen LogP contribution in [0.15, 0.2) is 23.1 Å². The first-order valence-corrected chi connectivity index (χ1v) is 6.70. The van der Waals surface area contributed by atoms with E-state index in [1.54, 1.807) is 13.0 Å². The lowest BCUT2D eigenvalue weighted by Gasteiger charge is -2.09. The zero-order valence-electron chi connectivity index (χ0n) is 9.20. The molecule has 90 valence electrons. The van der Waals surface area contributed by atoms with E-state index in [0.717, 1.165) is 5.56 Å². The highest BCUT2D eigenvalue weighted by Gasteiger charge is 2.14. The van der Waals surface area contributed by atoms with Crippen molar-refractivity contribution in [1.29, 1.82) is 0 Å². The van der Waals surface area contributed by atoms with Crippen LogP contribution in [0.2, 0.25) is 5.02 Å². The molecule has 1 atom stereocenters. The zero-order valence-corrected chi connectivity index (χ0v) is 10.8. The summed E-state index contributed by atoms with van der Waals surface area (Å²) < 4.78 is 26.0. The maximum absolute atomic E-state index is 11.8. The molecule has 0 spiro atoms. The Balaban J connectivity index is 2.94. The lowest BCUT2D eigenvalue weighted by atomic mass is 10.2. The number of rotatable bonds is 4. The van der Waals surface area contributed by atoms with E-state index in [1.807, 2.05) is 6.92 Å². The summed E-state index contributed by atoms with van der Waals surface area (Å²) in [6.07, 6.45) is 0. The number of nitrogens with two attached hydrogens (primary N) is 1. The molecule has 3 N–H and O–H groups in total. The maximum atomic E-state index is 11.8. The molecule has 0 fully saturated rings. The quantitative estimate of drug-likeness (QED) is 0.858. The zero-order chi connectivity index (χ0) is 12.3. The van der Waals surface area contributed by atoms with E-state index in [2.05, 4.69) is 4.72 Å². The van der Waals surface area contributed by atoms with E-state index in [0.29, 0.717) is 5.02 Å². The van der Waals surface area contributed by atoms with Crippen molar-refractivity contribution in [3.8, 4) is 0 Å². The number of sulfonamides is 1. The molecule has 16 heavy (non-hydrogen) atoms. The normalized spacial score (nSPS) is 13.8. The van der Waals surface area contributed by atoms with Crippen LogP contribution < -0.4 is 10.5 Å². The van der Waals surface area contributed by atoms with E-state index in [9.17, 15) is 8.42 Å². The second-order valence-electron chi connectivity index (χ2n) is 3.74. The fourth-order valence-electron chi connectivity index (χ4n) is 1.07. The minimum absolute atomic E-state index is 0.156. The Labute approximate surface area is 101 Å². The summed E-state index contributed by atoms with van der Waals surface area (Å²) in [4.78, 5) is 0.156. The Morgan fingerprint density at radius 1 is 1.50 bits per heavy atom. The van der Waals surface area contributed by atoms with Gasteiger partial charge < -0.3 is 5.73 Å². The van der Waals surface area contributed by atoms with Crippen molar-refractivity contribution in [1.82, 2.24) is 4.72 Å². The van der Waals surface area contributed by atoms with E-state index < -0.39 is 10.0 Å². The van der Waals surface area contributed by atoms with Crippen LogP contribution in [-0.2, 0) is 10.0 Å². The number of nitrogens with one attached hydrogen (secondary N) is 1. The molecular weight excluding hydrogens is 248 g/mol. The van der Waals surface area contributed by atoms with Crippen LogP contribution in [0.5, 0.6) is 0 Å². The molecule has 1 aromatic rings. The Morgan fingerprint density at radius 2 is 2.12 bits per heavy atom. The summed E-state index contributed by atoms with van der Waals surface area (Å²) in [5, 5.41) is 0.434. The summed E-state index contributed by atoms with van der Waals surface area (Å²) in [5.41, 5.74) is 6.32. The van der Waals surface area contributed by atoms with Gasteiger partial charge in [-0.3, -0.25) is 0 Å². The lowest BCUT2D eigenvalue weighted by Crippen LogP contribution is -2.35. The standard InChI is InChI=1S/C10H15ClN2O2S/c1-7-3-4-9(5-10(7)11)16(14,15)13-6-8(2)12/h3-5,8,13H,6,12H2,1-2H3/t8-/m0/s1. The topological polar surface area (TPSA) is 72.2 Å². The van der Waals surface area contributed by atoms with Crippen LogP contribution in [0.1, 0.15) is 12.5 Å². The van der Waals surface area contributed by atoms with Crippen molar-refractivity contribution in [2.75, 3.05) is 6.54 Å². The molecule has 0 aliphatic rings. The molecule has 0 heterocycles. The van der Waals surface area contributed by atoms with Gasteiger partial charge in [0.05, 0.1) is 4.90 Å². The minimum Gasteiger partial charge on any atom is -0.327 e. The number of aryl methyl sites for hydroxylation is 1. The van der Waals surface area contributed by atoms with Gasteiger partial charge in [-0.15, -0.1) is 0 Å². The average molecular weight is 263 g/mol. The van der Waals surface area contributed by atoms with Gasteiger partial charge in [0.2, 0.25) is 10.0 Å². The van der Waals surface area contributed by atoms with Crippen LogP contribution in [0.25, 0.3) is 0 Å². The Hall–Kier alpha value is -0.620. The summed E-state index contributed by atoms with van der Waals surface area (Å²) in [5.74, 6) is 0. The van der Waals surface area contributed by atoms with Crippen LogP contribution >= 0.6 is 11.6 Å². The van der Waals surface area contributed by atoms with Crippen LogP contribution in [-0.4, -0.2) is 21.0 Å². The second kappa shape index (κ2) is 5.14. The molecule has 1 aromatic carbocycles. The van der Waals surface area contributed by atoms with E-state index in [1.165, 1.54) is 12.1 Å². The van der Waals surface area contributed by atoms with Gasteiger partial charge in [-0.1, -0.05) is 17.7 Å². The predicted octanol–water partition coefficient (Wildman–Crippen LogP) is 1.27. The van der Waals surface area contributed by atoms with E-state index in [4.69, 9.17) is 17.3 Å². The van der Waals surface area contributed by atoms with Gasteiger partial charge in [0.1, 0.15) is 0 Å². The van der Waals surface area contributed by atoms with Gasteiger partial charge in [0.15, 0.2) is 0 Å². The molecule has 0 aliphatic heterocycles. The summed E-state index contributed by atoms with van der Waals surface area (Å²) in [7, 11) is -3.51. The first-order chi connectivity index (χ1) is 7.33. The molecule has 0 unspecified atom stereocenters. The first kappa shape index (κ1) is 13.4. The molecule has 6 heteroatoms. The van der Waals surface area contributed by atoms with Crippen molar-refractivity contribution in [2.24, 2.45) is 5.73 Å². The Kier molecular flexibility index (Phi) is 4.32. The Bertz CT molecular complexity index is 472. The molecule has 4 nitrogen and oxygen atoms in total. The number of halogens is 1. The predicted molar refractivity (Wildman–Crippen MR) is 65.0 cm³/mol. The molecule has 0 saturated carbocycles. The van der Waals surface area contributed by atoms with Gasteiger partial charge in [0, 0.05) is 17.6 Å². The smallest absolute Gasteiger partial charge is 0.240 e. The molecule has 0 aromatic heterocycles. The van der Waals surface area contributed by atoms with Gasteiger partial charge in [-0.05, 0) is 31.5 Å². The number of hydrogen-bond donors (Lipinski definition) is 2. The second-order valence-corrected chi connectivity index (χ2v) is 5.91. The fraction of sp³-hybridized carbons (Fsp3) is 0.400. The van der Waals surface area contributed by atoms with Crippen molar-refractivity contribution in [2.45, 2.75) is 24.8 Å².